The summed E-state index contributed by atoms with van der Waals surface area (Å²) in [6.07, 6.45) is -0.154. The number of nitrogens with zero attached hydrogens (tertiary/aromatic N) is 1. The van der Waals surface area contributed by atoms with Gasteiger partial charge in [-0.05, 0) is 12.1 Å². The third-order valence-corrected chi connectivity index (χ3v) is 3.64. The smallest absolute Gasteiger partial charge is 0.241 e. The molecule has 1 fully saturated rings. The molecule has 1 saturated heterocycles. The van der Waals surface area contributed by atoms with E-state index in [0.717, 1.165) is 11.5 Å². The number of likely N-dealkylation sites (N-methyl/N-ethyl adjacent to an activating group) is 1. The Morgan fingerprint density at radius 3 is 2.90 bits per heavy atom. The molecule has 0 radical (unpaired) electrons. The monoisotopic (exact) mass is 292 g/mol. The van der Waals surface area contributed by atoms with Crippen molar-refractivity contribution in [3.8, 4) is 11.5 Å². The zero-order valence-corrected chi connectivity index (χ0v) is 12.1. The van der Waals surface area contributed by atoms with Crippen LogP contribution in [0.2, 0.25) is 0 Å². The highest BCUT2D eigenvalue weighted by Crippen LogP contribution is 2.30. The van der Waals surface area contributed by atoms with E-state index < -0.39 is 0 Å². The molecular weight excluding hydrogens is 272 g/mol. The van der Waals surface area contributed by atoms with Gasteiger partial charge < -0.3 is 24.4 Å². The van der Waals surface area contributed by atoms with E-state index in [2.05, 4.69) is 5.32 Å². The van der Waals surface area contributed by atoms with Crippen LogP contribution in [0.3, 0.4) is 0 Å². The van der Waals surface area contributed by atoms with Crippen LogP contribution in [0.4, 0.5) is 0 Å². The maximum Gasteiger partial charge on any atom is 0.241 e. The molecule has 3 rings (SSSR count). The number of benzene rings is 1. The lowest BCUT2D eigenvalue weighted by Gasteiger charge is -2.32. The number of nitrogens with one attached hydrogen (secondary N) is 1. The Morgan fingerprint density at radius 1 is 1.33 bits per heavy atom. The fraction of sp³-hybridized carbons (Fsp3) is 0.533. The minimum absolute atomic E-state index is 0.0251. The highest BCUT2D eigenvalue weighted by Gasteiger charge is 2.28. The molecular formula is C15H20N2O4. The van der Waals surface area contributed by atoms with Gasteiger partial charge in [0.25, 0.3) is 0 Å². The van der Waals surface area contributed by atoms with Crippen molar-refractivity contribution in [2.75, 3.05) is 40.0 Å². The average Bonchev–Trinajstić information content (AvgIpc) is 2.55. The van der Waals surface area contributed by atoms with Gasteiger partial charge in [0.1, 0.15) is 12.6 Å². The number of amides is 1. The van der Waals surface area contributed by atoms with E-state index in [1.807, 2.05) is 24.3 Å². The number of rotatable bonds is 3. The molecule has 2 atom stereocenters. The van der Waals surface area contributed by atoms with E-state index in [-0.39, 0.29) is 18.1 Å². The Labute approximate surface area is 124 Å². The molecule has 2 heterocycles. The molecule has 2 aliphatic heterocycles. The molecule has 114 valence electrons. The number of fused-ring (bicyclic) bond motifs is 1. The molecule has 21 heavy (non-hydrogen) atoms. The summed E-state index contributed by atoms with van der Waals surface area (Å²) in [6.45, 7) is 2.73. The Hall–Kier alpha value is -1.79. The molecule has 2 aliphatic rings. The maximum absolute atomic E-state index is 12.3. The third kappa shape index (κ3) is 3.28. The van der Waals surface area contributed by atoms with Crippen molar-refractivity contribution >= 4 is 5.91 Å². The molecule has 0 aliphatic carbocycles. The van der Waals surface area contributed by atoms with Crippen molar-refractivity contribution < 1.29 is 19.0 Å². The molecule has 0 bridgehead atoms. The summed E-state index contributed by atoms with van der Waals surface area (Å²) in [4.78, 5) is 14.0. The highest BCUT2D eigenvalue weighted by atomic mass is 16.6. The van der Waals surface area contributed by atoms with Crippen molar-refractivity contribution in [3.63, 3.8) is 0 Å². The average molecular weight is 292 g/mol. The van der Waals surface area contributed by atoms with E-state index >= 15 is 0 Å². The van der Waals surface area contributed by atoms with Crippen LogP contribution < -0.4 is 14.8 Å². The lowest BCUT2D eigenvalue weighted by molar-refractivity contribution is -0.136. The molecule has 0 aromatic heterocycles. The van der Waals surface area contributed by atoms with E-state index in [0.29, 0.717) is 32.9 Å². The Morgan fingerprint density at radius 2 is 2.14 bits per heavy atom. The Balaban J connectivity index is 1.56. The summed E-state index contributed by atoms with van der Waals surface area (Å²) in [5, 5.41) is 3.16. The van der Waals surface area contributed by atoms with Crippen molar-refractivity contribution in [2.24, 2.45) is 0 Å². The van der Waals surface area contributed by atoms with Crippen molar-refractivity contribution in [2.45, 2.75) is 12.1 Å². The predicted octanol–water partition coefficient (Wildman–Crippen LogP) is 0.273. The van der Waals surface area contributed by atoms with Gasteiger partial charge in [-0.2, -0.15) is 0 Å². The van der Waals surface area contributed by atoms with E-state index in [4.69, 9.17) is 14.2 Å². The van der Waals surface area contributed by atoms with Crippen molar-refractivity contribution in [1.82, 2.24) is 10.2 Å². The van der Waals surface area contributed by atoms with Crippen LogP contribution in [0.5, 0.6) is 11.5 Å². The molecule has 0 spiro atoms. The van der Waals surface area contributed by atoms with Crippen LogP contribution in [0, 0.1) is 0 Å². The van der Waals surface area contributed by atoms with Gasteiger partial charge in [-0.3, -0.25) is 4.79 Å². The SMILES string of the molecule is CN(CC1COc2ccccc2O1)C(=O)C1COCCN1. The minimum atomic E-state index is -0.263. The number of ether oxygens (including phenoxy) is 3. The van der Waals surface area contributed by atoms with E-state index in [1.165, 1.54) is 0 Å². The fourth-order valence-corrected chi connectivity index (χ4v) is 2.54. The number of hydrogen-bond donors (Lipinski definition) is 1. The first-order chi connectivity index (χ1) is 10.2. The summed E-state index contributed by atoms with van der Waals surface area (Å²) >= 11 is 0. The van der Waals surface area contributed by atoms with Gasteiger partial charge in [-0.25, -0.2) is 0 Å². The number of morpholine rings is 1. The lowest BCUT2D eigenvalue weighted by atomic mass is 10.2. The molecule has 1 N–H and O–H groups in total. The van der Waals surface area contributed by atoms with Gasteiger partial charge in [0.15, 0.2) is 17.6 Å². The van der Waals surface area contributed by atoms with E-state index in [9.17, 15) is 4.79 Å². The summed E-state index contributed by atoms with van der Waals surface area (Å²) in [6, 6.07) is 7.31. The van der Waals surface area contributed by atoms with Crippen LogP contribution in [0.15, 0.2) is 24.3 Å². The molecule has 1 aromatic rings. The minimum Gasteiger partial charge on any atom is -0.486 e. The zero-order chi connectivity index (χ0) is 14.7. The largest absolute Gasteiger partial charge is 0.486 e. The van der Waals surface area contributed by atoms with Crippen LogP contribution >= 0.6 is 0 Å². The quantitative estimate of drug-likeness (QED) is 0.867. The van der Waals surface area contributed by atoms with Crippen molar-refractivity contribution in [1.29, 1.82) is 0 Å². The second-order valence-electron chi connectivity index (χ2n) is 5.30. The summed E-state index contributed by atoms with van der Waals surface area (Å²) in [5.41, 5.74) is 0. The fourth-order valence-electron chi connectivity index (χ4n) is 2.54. The lowest BCUT2D eigenvalue weighted by Crippen LogP contribution is -2.53. The van der Waals surface area contributed by atoms with Crippen LogP contribution in [0.25, 0.3) is 0 Å². The van der Waals surface area contributed by atoms with Gasteiger partial charge in [0, 0.05) is 13.6 Å². The van der Waals surface area contributed by atoms with Crippen LogP contribution in [-0.4, -0.2) is 62.9 Å². The second kappa shape index (κ2) is 6.32. The number of carbonyl (C=O) groups excluding carboxylic acids is 1. The van der Waals surface area contributed by atoms with Gasteiger partial charge >= 0.3 is 0 Å². The molecule has 1 aromatic carbocycles. The first-order valence-electron chi connectivity index (χ1n) is 7.18. The van der Waals surface area contributed by atoms with Gasteiger partial charge in [-0.15, -0.1) is 0 Å². The van der Waals surface area contributed by atoms with Gasteiger partial charge in [-0.1, -0.05) is 12.1 Å². The van der Waals surface area contributed by atoms with Crippen molar-refractivity contribution in [3.05, 3.63) is 24.3 Å². The van der Waals surface area contributed by atoms with Crippen LogP contribution in [-0.2, 0) is 9.53 Å². The maximum atomic E-state index is 12.3. The second-order valence-corrected chi connectivity index (χ2v) is 5.30. The van der Waals surface area contributed by atoms with Gasteiger partial charge in [0.2, 0.25) is 5.91 Å². The first-order valence-corrected chi connectivity index (χ1v) is 7.18. The third-order valence-electron chi connectivity index (χ3n) is 3.64. The molecule has 6 nitrogen and oxygen atoms in total. The van der Waals surface area contributed by atoms with Crippen LogP contribution in [0.1, 0.15) is 0 Å². The molecule has 0 saturated carbocycles. The van der Waals surface area contributed by atoms with Gasteiger partial charge in [0.05, 0.1) is 19.8 Å². The summed E-state index contributed by atoms with van der Waals surface area (Å²) in [7, 11) is 1.78. The molecule has 1 amide bonds. The van der Waals surface area contributed by atoms with E-state index in [1.54, 1.807) is 11.9 Å². The Kier molecular flexibility index (Phi) is 4.26. The topological polar surface area (TPSA) is 60.0 Å². The zero-order valence-electron chi connectivity index (χ0n) is 12.1. The Bertz CT molecular complexity index is 502. The summed E-state index contributed by atoms with van der Waals surface area (Å²) in [5.74, 6) is 1.51. The standard InChI is InChI=1S/C15H20N2O4/c1-17(15(18)12-10-19-7-6-16-12)8-11-9-20-13-4-2-3-5-14(13)21-11/h2-5,11-12,16H,6-10H2,1H3. The normalized spacial score (nSPS) is 24.4. The highest BCUT2D eigenvalue weighted by molar-refractivity contribution is 5.82. The molecule has 2 unspecified atom stereocenters. The predicted molar refractivity (Wildman–Crippen MR) is 76.6 cm³/mol. The molecule has 6 heteroatoms. The summed E-state index contributed by atoms with van der Waals surface area (Å²) < 4.78 is 16.9. The number of para-hydroxylation sites is 2. The first kappa shape index (κ1) is 14.2. The number of hydrogen-bond acceptors (Lipinski definition) is 5. The number of carbonyl (C=O) groups is 1.